The molecule has 0 aliphatic heterocycles. The van der Waals surface area contributed by atoms with E-state index in [2.05, 4.69) is 128 Å². The summed E-state index contributed by atoms with van der Waals surface area (Å²) < 4.78 is 11.8. The molecule has 0 atom stereocenters. The van der Waals surface area contributed by atoms with E-state index in [1.165, 1.54) is 33.0 Å². The smallest absolute Gasteiger partial charge is 0.119 e. The third-order valence-corrected chi connectivity index (χ3v) is 7.01. The molecule has 5 heteroatoms. The summed E-state index contributed by atoms with van der Waals surface area (Å²) >= 11 is 0. The highest BCUT2D eigenvalue weighted by molar-refractivity contribution is 6.09. The Morgan fingerprint density at radius 2 is 0.897 bits per heavy atom. The van der Waals surface area contributed by atoms with E-state index in [-0.39, 0.29) is 0 Å². The maximum absolute atomic E-state index is 5.92. The minimum absolute atomic E-state index is 0.730. The van der Waals surface area contributed by atoms with E-state index < -0.39 is 0 Å². The third-order valence-electron chi connectivity index (χ3n) is 7.01. The lowest BCUT2D eigenvalue weighted by atomic mass is 10.00. The van der Waals surface area contributed by atoms with Gasteiger partial charge < -0.3 is 24.3 Å². The minimum atomic E-state index is 0.730. The van der Waals surface area contributed by atoms with Crippen molar-refractivity contribution in [3.8, 4) is 33.8 Å². The SMILES string of the molecule is CN(C)CCCOc1ccc(-c2ccc3[nH]c4ccc(-c5ccc(OCCCN(C)C)cc5)cc4c3c2)cc1. The fraction of sp³-hybridized carbons (Fsp3) is 0.294. The van der Waals surface area contributed by atoms with Gasteiger partial charge in [0.05, 0.1) is 13.2 Å². The number of hydrogen-bond acceptors (Lipinski definition) is 4. The highest BCUT2D eigenvalue weighted by atomic mass is 16.5. The molecular weight excluding hydrogens is 482 g/mol. The Morgan fingerprint density at radius 3 is 1.28 bits per heavy atom. The molecule has 202 valence electrons. The number of benzene rings is 4. The molecule has 0 saturated heterocycles. The van der Waals surface area contributed by atoms with E-state index in [9.17, 15) is 0 Å². The van der Waals surface area contributed by atoms with E-state index >= 15 is 0 Å². The molecule has 1 N–H and O–H groups in total. The number of nitrogens with zero attached hydrogens (tertiary/aromatic N) is 2. The molecule has 0 aliphatic rings. The number of aromatic nitrogens is 1. The van der Waals surface area contributed by atoms with Crippen molar-refractivity contribution in [3.63, 3.8) is 0 Å². The van der Waals surface area contributed by atoms with Crippen LogP contribution in [0.15, 0.2) is 84.9 Å². The lowest BCUT2D eigenvalue weighted by Crippen LogP contribution is -2.15. The van der Waals surface area contributed by atoms with Gasteiger partial charge in [-0.25, -0.2) is 0 Å². The highest BCUT2D eigenvalue weighted by Crippen LogP contribution is 2.33. The number of aromatic amines is 1. The molecule has 0 spiro atoms. The summed E-state index contributed by atoms with van der Waals surface area (Å²) in [7, 11) is 8.34. The number of ether oxygens (including phenoxy) is 2. The molecule has 0 fully saturated rings. The van der Waals surface area contributed by atoms with Crippen molar-refractivity contribution in [2.24, 2.45) is 0 Å². The molecule has 1 heterocycles. The molecule has 0 aliphatic carbocycles. The Labute approximate surface area is 232 Å². The Balaban J connectivity index is 1.32. The first-order valence-electron chi connectivity index (χ1n) is 13.8. The van der Waals surface area contributed by atoms with Crippen LogP contribution in [-0.2, 0) is 0 Å². The van der Waals surface area contributed by atoms with Crippen molar-refractivity contribution in [2.45, 2.75) is 12.8 Å². The Kier molecular flexibility index (Phi) is 8.50. The molecule has 1 aromatic heterocycles. The molecule has 5 nitrogen and oxygen atoms in total. The van der Waals surface area contributed by atoms with Crippen molar-refractivity contribution < 1.29 is 9.47 Å². The van der Waals surface area contributed by atoms with Crippen LogP contribution in [0, 0.1) is 0 Å². The third kappa shape index (κ3) is 6.80. The van der Waals surface area contributed by atoms with Crippen molar-refractivity contribution in [2.75, 3.05) is 54.5 Å². The molecular formula is C34H39N3O2. The predicted octanol–water partition coefficient (Wildman–Crippen LogP) is 7.32. The zero-order chi connectivity index (χ0) is 27.2. The zero-order valence-corrected chi connectivity index (χ0v) is 23.5. The summed E-state index contributed by atoms with van der Waals surface area (Å²) in [4.78, 5) is 7.93. The Morgan fingerprint density at radius 1 is 0.513 bits per heavy atom. The average Bonchev–Trinajstić information content (AvgIpc) is 3.31. The van der Waals surface area contributed by atoms with Gasteiger partial charge in [-0.05, 0) is 112 Å². The second-order valence-electron chi connectivity index (χ2n) is 10.7. The summed E-state index contributed by atoms with van der Waals surface area (Å²) in [5.74, 6) is 1.83. The number of nitrogens with one attached hydrogen (secondary N) is 1. The van der Waals surface area contributed by atoms with Gasteiger partial charge in [-0.15, -0.1) is 0 Å². The van der Waals surface area contributed by atoms with E-state index in [0.717, 1.165) is 61.7 Å². The van der Waals surface area contributed by atoms with Gasteiger partial charge in [0.1, 0.15) is 11.5 Å². The van der Waals surface area contributed by atoms with Gasteiger partial charge in [-0.1, -0.05) is 36.4 Å². The van der Waals surface area contributed by atoms with Gasteiger partial charge >= 0.3 is 0 Å². The molecule has 0 amide bonds. The molecule has 0 unspecified atom stereocenters. The van der Waals surface area contributed by atoms with Gasteiger partial charge in [0.25, 0.3) is 0 Å². The van der Waals surface area contributed by atoms with Crippen LogP contribution in [-0.4, -0.2) is 69.3 Å². The summed E-state index contributed by atoms with van der Waals surface area (Å²) in [6, 6.07) is 30.2. The van der Waals surface area contributed by atoms with E-state index in [1.54, 1.807) is 0 Å². The molecule has 0 saturated carbocycles. The largest absolute Gasteiger partial charge is 0.494 e. The molecule has 0 radical (unpaired) electrons. The molecule has 0 bridgehead atoms. The van der Waals surface area contributed by atoms with Gasteiger partial charge in [0.2, 0.25) is 0 Å². The van der Waals surface area contributed by atoms with Gasteiger partial charge in [0, 0.05) is 34.9 Å². The molecule has 5 aromatic rings. The number of fused-ring (bicyclic) bond motifs is 3. The first-order chi connectivity index (χ1) is 19.0. The standard InChI is InChI=1S/C34H39N3O2/c1-36(2)19-5-21-38-29-13-7-25(8-14-29)27-11-17-33-31(23-27)32-24-28(12-18-34(32)35-33)26-9-15-30(16-10-26)39-22-6-20-37(3)4/h7-18,23-24,35H,5-6,19-22H2,1-4H3. The van der Waals surface area contributed by atoms with Crippen LogP contribution < -0.4 is 9.47 Å². The second kappa shape index (κ2) is 12.4. The normalized spacial score (nSPS) is 11.6. The fourth-order valence-electron chi connectivity index (χ4n) is 4.89. The van der Waals surface area contributed by atoms with Crippen LogP contribution >= 0.6 is 0 Å². The van der Waals surface area contributed by atoms with Crippen molar-refractivity contribution in [1.82, 2.24) is 14.8 Å². The number of hydrogen-bond donors (Lipinski definition) is 1. The van der Waals surface area contributed by atoms with E-state index in [4.69, 9.17) is 9.47 Å². The van der Waals surface area contributed by atoms with Gasteiger partial charge in [0.15, 0.2) is 0 Å². The zero-order valence-electron chi connectivity index (χ0n) is 23.5. The number of H-pyrrole nitrogens is 1. The van der Waals surface area contributed by atoms with E-state index in [0.29, 0.717) is 0 Å². The first-order valence-corrected chi connectivity index (χ1v) is 13.8. The fourth-order valence-corrected chi connectivity index (χ4v) is 4.89. The van der Waals surface area contributed by atoms with Crippen molar-refractivity contribution in [1.29, 1.82) is 0 Å². The summed E-state index contributed by atoms with van der Waals surface area (Å²) in [5.41, 5.74) is 7.06. The summed E-state index contributed by atoms with van der Waals surface area (Å²) in [5, 5.41) is 2.46. The Hall–Kier alpha value is -3.80. The van der Waals surface area contributed by atoms with Crippen LogP contribution in [0.1, 0.15) is 12.8 Å². The lowest BCUT2D eigenvalue weighted by Gasteiger charge is -2.11. The van der Waals surface area contributed by atoms with Crippen LogP contribution in [0.25, 0.3) is 44.1 Å². The highest BCUT2D eigenvalue weighted by Gasteiger charge is 2.09. The molecule has 39 heavy (non-hydrogen) atoms. The van der Waals surface area contributed by atoms with Crippen LogP contribution in [0.4, 0.5) is 0 Å². The lowest BCUT2D eigenvalue weighted by molar-refractivity contribution is 0.281. The minimum Gasteiger partial charge on any atom is -0.494 e. The van der Waals surface area contributed by atoms with Crippen LogP contribution in [0.5, 0.6) is 11.5 Å². The van der Waals surface area contributed by atoms with Crippen molar-refractivity contribution >= 4 is 21.8 Å². The van der Waals surface area contributed by atoms with Gasteiger partial charge in [-0.3, -0.25) is 0 Å². The molecule has 5 rings (SSSR count). The number of rotatable bonds is 12. The monoisotopic (exact) mass is 521 g/mol. The molecule has 4 aromatic carbocycles. The quantitative estimate of drug-likeness (QED) is 0.175. The topological polar surface area (TPSA) is 40.7 Å². The first kappa shape index (κ1) is 26.8. The average molecular weight is 522 g/mol. The summed E-state index contributed by atoms with van der Waals surface area (Å²) in [6.45, 7) is 3.52. The summed E-state index contributed by atoms with van der Waals surface area (Å²) in [6.07, 6.45) is 2.03. The van der Waals surface area contributed by atoms with Crippen molar-refractivity contribution in [3.05, 3.63) is 84.9 Å². The Bertz CT molecular complexity index is 1390. The maximum atomic E-state index is 5.92. The predicted molar refractivity (Wildman–Crippen MR) is 164 cm³/mol. The van der Waals surface area contributed by atoms with E-state index in [1.807, 2.05) is 0 Å². The van der Waals surface area contributed by atoms with Gasteiger partial charge in [-0.2, -0.15) is 0 Å². The second-order valence-corrected chi connectivity index (χ2v) is 10.7. The van der Waals surface area contributed by atoms with Crippen LogP contribution in [0.2, 0.25) is 0 Å². The van der Waals surface area contributed by atoms with Crippen LogP contribution in [0.3, 0.4) is 0 Å². The maximum Gasteiger partial charge on any atom is 0.119 e.